The SMILES string of the molecule is CC(C)c1cc(-c2ccccc2)cc(C(C)C)c1-n1c(-c2[c-]ccc3c2oc2cc(F)ccc23)nc2ccccc21.C[Si](C)(C)c1ccnc(-c2[c-]cccc2)c1.[Ir]. The molecule has 0 bridgehead atoms. The number of furan rings is 1. The van der Waals surface area contributed by atoms with Crippen LogP contribution >= 0.6 is 0 Å². The molecule has 0 atom stereocenters. The van der Waals surface area contributed by atoms with E-state index in [1.807, 2.05) is 48.7 Å². The Morgan fingerprint density at radius 2 is 1.40 bits per heavy atom. The van der Waals surface area contributed by atoms with Crippen molar-refractivity contribution in [1.29, 1.82) is 0 Å². The fourth-order valence-corrected chi connectivity index (χ4v) is 8.66. The minimum atomic E-state index is -1.25. The molecule has 0 saturated heterocycles. The summed E-state index contributed by atoms with van der Waals surface area (Å²) in [5.74, 6) is 0.951. The van der Waals surface area contributed by atoms with E-state index in [-0.39, 0.29) is 37.8 Å². The maximum Gasteiger partial charge on any atom is 0.126 e. The van der Waals surface area contributed by atoms with Gasteiger partial charge in [-0.1, -0.05) is 112 Å². The molecule has 0 amide bonds. The molecule has 0 saturated carbocycles. The Kier molecular flexibility index (Phi) is 11.8. The van der Waals surface area contributed by atoms with E-state index in [1.54, 1.807) is 6.07 Å². The van der Waals surface area contributed by atoms with Crippen LogP contribution in [0.1, 0.15) is 50.7 Å². The van der Waals surface area contributed by atoms with Crippen molar-refractivity contribution in [3.63, 3.8) is 0 Å². The van der Waals surface area contributed by atoms with Gasteiger partial charge in [-0.2, -0.15) is 0 Å². The van der Waals surface area contributed by atoms with Gasteiger partial charge in [0.1, 0.15) is 11.4 Å². The standard InChI is InChI=1S/C37H30FN2O.C14H16NSi.Ir/c1-22(2)30-19-25(24-11-6-5-7-12-24)20-31(23(3)4)35(30)40-33-16-9-8-15-32(33)39-37(40)29-14-10-13-28-27-18-17-26(38)21-34(27)41-36(28)29;1-16(2,3)13-9-10-15-14(11-13)12-7-5-4-6-8-12;/h5-13,15-23H,1-4H3;4-7,9-11H,1-3H3;/q2*-1;. The predicted molar refractivity (Wildman–Crippen MR) is 238 cm³/mol. The maximum absolute atomic E-state index is 14.1. The summed E-state index contributed by atoms with van der Waals surface area (Å²) in [6.07, 6.45) is 1.91. The Labute approximate surface area is 355 Å². The zero-order chi connectivity index (χ0) is 39.8. The number of fused-ring (bicyclic) bond motifs is 4. The summed E-state index contributed by atoms with van der Waals surface area (Å²) in [5.41, 5.74) is 12.0. The molecule has 1 radical (unpaired) electrons. The second-order valence-electron chi connectivity index (χ2n) is 16.2. The minimum absolute atomic E-state index is 0. The Balaban J connectivity index is 0.000000254. The summed E-state index contributed by atoms with van der Waals surface area (Å²) in [4.78, 5) is 9.59. The topological polar surface area (TPSA) is 43.9 Å². The van der Waals surface area contributed by atoms with Crippen molar-refractivity contribution in [2.45, 2.75) is 59.2 Å². The fourth-order valence-electron chi connectivity index (χ4n) is 7.51. The molecule has 0 aliphatic heterocycles. The van der Waals surface area contributed by atoms with Crippen LogP contribution < -0.4 is 5.19 Å². The third-order valence-electron chi connectivity index (χ3n) is 10.5. The zero-order valence-corrected chi connectivity index (χ0v) is 37.3. The number of rotatable bonds is 7. The molecule has 0 fully saturated rings. The van der Waals surface area contributed by atoms with Gasteiger partial charge >= 0.3 is 0 Å². The number of aromatic nitrogens is 3. The molecule has 0 aliphatic rings. The van der Waals surface area contributed by atoms with Crippen molar-refractivity contribution < 1.29 is 28.9 Å². The molecule has 9 rings (SSSR count). The van der Waals surface area contributed by atoms with Crippen LogP contribution in [0.25, 0.3) is 72.4 Å². The minimum Gasteiger partial charge on any atom is -0.500 e. The molecular weight excluding hydrogens is 910 g/mol. The molecule has 7 heteroatoms. The van der Waals surface area contributed by atoms with Crippen molar-refractivity contribution >= 4 is 46.2 Å². The van der Waals surface area contributed by atoms with Crippen molar-refractivity contribution in [1.82, 2.24) is 14.5 Å². The van der Waals surface area contributed by atoms with Crippen LogP contribution in [-0.4, -0.2) is 22.6 Å². The van der Waals surface area contributed by atoms with Crippen molar-refractivity contribution in [2.75, 3.05) is 0 Å². The van der Waals surface area contributed by atoms with Gasteiger partial charge in [0.25, 0.3) is 0 Å². The van der Waals surface area contributed by atoms with E-state index in [0.29, 0.717) is 11.2 Å². The van der Waals surface area contributed by atoms with Gasteiger partial charge in [-0.15, -0.1) is 54.1 Å². The van der Waals surface area contributed by atoms with Crippen molar-refractivity contribution in [3.05, 3.63) is 169 Å². The second kappa shape index (κ2) is 16.8. The third-order valence-corrected chi connectivity index (χ3v) is 12.6. The third kappa shape index (κ3) is 8.00. The molecule has 9 aromatic rings. The summed E-state index contributed by atoms with van der Waals surface area (Å²) in [6, 6.07) is 51.0. The largest absolute Gasteiger partial charge is 0.500 e. The first kappa shape index (κ1) is 40.7. The Morgan fingerprint density at radius 1 is 0.690 bits per heavy atom. The average molecular weight is 956 g/mol. The van der Waals surface area contributed by atoms with E-state index in [2.05, 4.69) is 142 Å². The Hall–Kier alpha value is -5.46. The number of halogens is 1. The molecule has 293 valence electrons. The summed E-state index contributed by atoms with van der Waals surface area (Å²) < 4.78 is 22.7. The number of hydrogen-bond acceptors (Lipinski definition) is 3. The van der Waals surface area contributed by atoms with E-state index in [1.165, 1.54) is 39.6 Å². The van der Waals surface area contributed by atoms with Crippen LogP contribution in [-0.2, 0) is 20.1 Å². The van der Waals surface area contributed by atoms with Crippen LogP contribution in [0.2, 0.25) is 19.6 Å². The van der Waals surface area contributed by atoms with Gasteiger partial charge < -0.3 is 14.0 Å². The normalized spacial score (nSPS) is 11.6. The van der Waals surface area contributed by atoms with Gasteiger partial charge in [0, 0.05) is 43.4 Å². The van der Waals surface area contributed by atoms with E-state index in [4.69, 9.17) is 9.40 Å². The molecule has 0 unspecified atom stereocenters. The molecule has 4 nitrogen and oxygen atoms in total. The van der Waals surface area contributed by atoms with Gasteiger partial charge in [0.15, 0.2) is 0 Å². The number of imidazole rings is 1. The van der Waals surface area contributed by atoms with Crippen LogP contribution in [0.3, 0.4) is 0 Å². The van der Waals surface area contributed by atoms with E-state index < -0.39 is 8.07 Å². The molecule has 3 heterocycles. The van der Waals surface area contributed by atoms with E-state index >= 15 is 0 Å². The summed E-state index contributed by atoms with van der Waals surface area (Å²) in [5, 5.41) is 3.23. The molecule has 6 aromatic carbocycles. The number of hydrogen-bond donors (Lipinski definition) is 0. The molecule has 0 N–H and O–H groups in total. The van der Waals surface area contributed by atoms with Crippen LogP contribution in [0.5, 0.6) is 0 Å². The number of para-hydroxylation sites is 2. The van der Waals surface area contributed by atoms with Crippen LogP contribution in [0.4, 0.5) is 4.39 Å². The fraction of sp³-hybridized carbons (Fsp3) is 0.176. The smallest absolute Gasteiger partial charge is 0.126 e. The Morgan fingerprint density at radius 3 is 2.09 bits per heavy atom. The van der Waals surface area contributed by atoms with Gasteiger partial charge in [0.2, 0.25) is 0 Å². The summed E-state index contributed by atoms with van der Waals surface area (Å²) >= 11 is 0. The first-order valence-electron chi connectivity index (χ1n) is 19.7. The van der Waals surface area contributed by atoms with E-state index in [0.717, 1.165) is 50.1 Å². The Bertz CT molecular complexity index is 2830. The van der Waals surface area contributed by atoms with Crippen LogP contribution in [0, 0.1) is 17.9 Å². The molecule has 0 spiro atoms. The average Bonchev–Trinajstić information content (AvgIpc) is 3.79. The molecule has 0 aliphatic carbocycles. The van der Waals surface area contributed by atoms with Gasteiger partial charge in [-0.05, 0) is 82.2 Å². The second-order valence-corrected chi connectivity index (χ2v) is 21.3. The maximum atomic E-state index is 14.1. The van der Waals surface area contributed by atoms with Crippen molar-refractivity contribution in [3.8, 4) is 39.5 Å². The number of nitrogens with zero attached hydrogens (tertiary/aromatic N) is 3. The first-order chi connectivity index (χ1) is 27.5. The van der Waals surface area contributed by atoms with Crippen molar-refractivity contribution in [2.24, 2.45) is 0 Å². The van der Waals surface area contributed by atoms with E-state index in [9.17, 15) is 4.39 Å². The quantitative estimate of drug-likeness (QED) is 0.118. The zero-order valence-electron chi connectivity index (χ0n) is 33.9. The molecule has 58 heavy (non-hydrogen) atoms. The van der Waals surface area contributed by atoms with Gasteiger partial charge in [0.05, 0.1) is 30.5 Å². The summed E-state index contributed by atoms with van der Waals surface area (Å²) in [6.45, 7) is 16.0. The molecular formula is C51H46FIrN3OSi-2. The number of benzene rings is 6. The first-order valence-corrected chi connectivity index (χ1v) is 23.2. The summed E-state index contributed by atoms with van der Waals surface area (Å²) in [7, 11) is -1.25. The predicted octanol–water partition coefficient (Wildman–Crippen LogP) is 13.5. The monoisotopic (exact) mass is 956 g/mol. The molecule has 3 aromatic heterocycles. The number of pyridine rings is 1. The van der Waals surface area contributed by atoms with Crippen LogP contribution in [0.15, 0.2) is 144 Å². The van der Waals surface area contributed by atoms with Gasteiger partial charge in [-0.25, -0.2) is 4.39 Å². The van der Waals surface area contributed by atoms with Gasteiger partial charge in [-0.3, -0.25) is 4.98 Å².